The van der Waals surface area contributed by atoms with Crippen LogP contribution in [-0.2, 0) is 0 Å². The Hall–Kier alpha value is -3.88. The molecule has 33 heavy (non-hydrogen) atoms. The Morgan fingerprint density at radius 1 is 1.06 bits per heavy atom. The monoisotopic (exact) mass is 446 g/mol. The first-order valence-corrected chi connectivity index (χ1v) is 10.9. The normalized spacial score (nSPS) is 15.7. The van der Waals surface area contributed by atoms with Gasteiger partial charge in [-0.15, -0.1) is 0 Å². The number of para-hydroxylation sites is 2. The first-order chi connectivity index (χ1) is 16.0. The molecule has 9 nitrogen and oxygen atoms in total. The van der Waals surface area contributed by atoms with Crippen LogP contribution in [0.2, 0.25) is 0 Å². The van der Waals surface area contributed by atoms with E-state index in [2.05, 4.69) is 25.3 Å². The molecule has 3 aromatic rings. The summed E-state index contributed by atoms with van der Waals surface area (Å²) in [5.74, 6) is 0.576. The predicted octanol–water partition coefficient (Wildman–Crippen LogP) is 3.51. The Morgan fingerprint density at radius 2 is 1.88 bits per heavy atom. The van der Waals surface area contributed by atoms with Crippen molar-refractivity contribution < 1.29 is 14.3 Å². The van der Waals surface area contributed by atoms with Crippen molar-refractivity contribution in [2.75, 3.05) is 19.0 Å². The largest absolute Gasteiger partial charge is 0.495 e. The fourth-order valence-electron chi connectivity index (χ4n) is 3.90. The second-order valence-electron chi connectivity index (χ2n) is 7.93. The lowest BCUT2D eigenvalue weighted by molar-refractivity contribution is 0.0592. The van der Waals surface area contributed by atoms with Crippen molar-refractivity contribution >= 4 is 17.5 Å². The van der Waals surface area contributed by atoms with E-state index in [1.54, 1.807) is 37.3 Å². The van der Waals surface area contributed by atoms with Crippen LogP contribution in [0.4, 0.5) is 5.69 Å². The number of anilines is 1. The Bertz CT molecular complexity index is 1170. The smallest absolute Gasteiger partial charge is 0.274 e. The van der Waals surface area contributed by atoms with Crippen molar-refractivity contribution in [1.29, 1.82) is 0 Å². The number of benzene rings is 1. The Labute approximate surface area is 192 Å². The number of aryl methyl sites for hydroxylation is 2. The molecule has 1 aliphatic heterocycles. The molecule has 2 aromatic heterocycles. The zero-order chi connectivity index (χ0) is 23.4. The van der Waals surface area contributed by atoms with Crippen LogP contribution in [0, 0.1) is 13.8 Å². The predicted molar refractivity (Wildman–Crippen MR) is 122 cm³/mol. The van der Waals surface area contributed by atoms with Crippen LogP contribution in [0.1, 0.15) is 63.4 Å². The zero-order valence-corrected chi connectivity index (χ0v) is 18.9. The number of carbonyl (C=O) groups is 2. The number of carbonyl (C=O) groups excluding carboxylic acids is 2. The van der Waals surface area contributed by atoms with Gasteiger partial charge >= 0.3 is 0 Å². The average Bonchev–Trinajstić information content (AvgIpc) is 2.84. The number of rotatable bonds is 5. The molecule has 0 saturated carbocycles. The highest BCUT2D eigenvalue weighted by molar-refractivity contribution is 6.05. The van der Waals surface area contributed by atoms with E-state index < -0.39 is 0 Å². The molecule has 0 spiro atoms. The van der Waals surface area contributed by atoms with E-state index in [-0.39, 0.29) is 17.9 Å². The summed E-state index contributed by atoms with van der Waals surface area (Å²) in [4.78, 5) is 45.2. The first-order valence-electron chi connectivity index (χ1n) is 10.9. The van der Waals surface area contributed by atoms with Gasteiger partial charge in [-0.1, -0.05) is 12.1 Å². The summed E-state index contributed by atoms with van der Waals surface area (Å²) < 4.78 is 5.29. The first kappa shape index (κ1) is 22.3. The summed E-state index contributed by atoms with van der Waals surface area (Å²) >= 11 is 0. The highest BCUT2D eigenvalue weighted by Gasteiger charge is 2.32. The van der Waals surface area contributed by atoms with Crippen molar-refractivity contribution in [3.63, 3.8) is 0 Å². The van der Waals surface area contributed by atoms with E-state index in [1.807, 2.05) is 19.1 Å². The maximum atomic E-state index is 13.1. The SMILES string of the molecule is COc1ccccc1NC(=O)c1cnc([C@H]2CCCCN2C(=O)c2cnc(C)cn2)nc1C. The number of methoxy groups -OCH3 is 1. The molecule has 3 heterocycles. The summed E-state index contributed by atoms with van der Waals surface area (Å²) in [5, 5.41) is 2.85. The zero-order valence-electron chi connectivity index (χ0n) is 18.9. The minimum absolute atomic E-state index is 0.188. The fourth-order valence-corrected chi connectivity index (χ4v) is 3.90. The van der Waals surface area contributed by atoms with Gasteiger partial charge in [0.05, 0.1) is 42.0 Å². The number of hydrogen-bond donors (Lipinski definition) is 1. The molecule has 9 heteroatoms. The standard InChI is InChI=1S/C24H26N6O3/c1-15-12-26-19(14-25-15)24(32)30-11-7-6-9-20(30)22-27-13-17(16(2)28-22)23(31)29-18-8-4-5-10-21(18)33-3/h4-5,8,10,12-14,20H,6-7,9,11H2,1-3H3,(H,29,31)/t20-/m1/s1. The minimum Gasteiger partial charge on any atom is -0.495 e. The van der Waals surface area contributed by atoms with Crippen LogP contribution in [0.3, 0.4) is 0 Å². The van der Waals surface area contributed by atoms with E-state index in [0.29, 0.717) is 40.8 Å². The van der Waals surface area contributed by atoms with Crippen molar-refractivity contribution in [2.45, 2.75) is 39.2 Å². The quantitative estimate of drug-likeness (QED) is 0.638. The molecule has 170 valence electrons. The van der Waals surface area contributed by atoms with Gasteiger partial charge in [0.1, 0.15) is 11.4 Å². The van der Waals surface area contributed by atoms with Gasteiger partial charge in [-0.25, -0.2) is 15.0 Å². The van der Waals surface area contributed by atoms with Gasteiger partial charge in [0, 0.05) is 18.9 Å². The molecular formula is C24H26N6O3. The molecule has 0 bridgehead atoms. The second-order valence-corrected chi connectivity index (χ2v) is 7.93. The molecule has 0 radical (unpaired) electrons. The van der Waals surface area contributed by atoms with Gasteiger partial charge in [-0.3, -0.25) is 14.6 Å². The minimum atomic E-state index is -0.324. The highest BCUT2D eigenvalue weighted by atomic mass is 16.5. The lowest BCUT2D eigenvalue weighted by atomic mass is 10.0. The van der Waals surface area contributed by atoms with E-state index in [1.165, 1.54) is 12.4 Å². The number of nitrogens with zero attached hydrogens (tertiary/aromatic N) is 5. The molecule has 1 aromatic carbocycles. The molecular weight excluding hydrogens is 420 g/mol. The van der Waals surface area contributed by atoms with Gasteiger partial charge < -0.3 is 15.0 Å². The number of hydrogen-bond acceptors (Lipinski definition) is 7. The summed E-state index contributed by atoms with van der Waals surface area (Å²) in [6.45, 7) is 4.19. The Morgan fingerprint density at radius 3 is 2.61 bits per heavy atom. The summed E-state index contributed by atoms with van der Waals surface area (Å²) in [6.07, 6.45) is 7.22. The lowest BCUT2D eigenvalue weighted by Gasteiger charge is -2.34. The van der Waals surface area contributed by atoms with Crippen molar-refractivity contribution in [1.82, 2.24) is 24.8 Å². The summed E-state index contributed by atoms with van der Waals surface area (Å²) in [7, 11) is 1.55. The molecule has 1 atom stereocenters. The highest BCUT2D eigenvalue weighted by Crippen LogP contribution is 2.30. The topological polar surface area (TPSA) is 110 Å². The number of likely N-dealkylation sites (tertiary alicyclic amines) is 1. The number of aromatic nitrogens is 4. The molecule has 4 rings (SSSR count). The van der Waals surface area contributed by atoms with E-state index in [4.69, 9.17) is 4.74 Å². The van der Waals surface area contributed by atoms with E-state index >= 15 is 0 Å². The number of piperidine rings is 1. The molecule has 1 fully saturated rings. The second kappa shape index (κ2) is 9.72. The third-order valence-electron chi connectivity index (χ3n) is 5.66. The van der Waals surface area contributed by atoms with E-state index in [9.17, 15) is 9.59 Å². The van der Waals surface area contributed by atoms with Gasteiger partial charge in [0.15, 0.2) is 5.82 Å². The third kappa shape index (κ3) is 4.82. The van der Waals surface area contributed by atoms with Crippen molar-refractivity contribution in [3.8, 4) is 5.75 Å². The maximum Gasteiger partial charge on any atom is 0.274 e. The van der Waals surface area contributed by atoms with Crippen LogP contribution < -0.4 is 10.1 Å². The molecule has 1 N–H and O–H groups in total. The van der Waals surface area contributed by atoms with Gasteiger partial charge in [-0.2, -0.15) is 0 Å². The van der Waals surface area contributed by atoms with Crippen molar-refractivity contribution in [2.24, 2.45) is 0 Å². The van der Waals surface area contributed by atoms with Gasteiger partial charge in [0.2, 0.25) is 0 Å². The van der Waals surface area contributed by atoms with Gasteiger partial charge in [-0.05, 0) is 45.2 Å². The van der Waals surface area contributed by atoms with Crippen LogP contribution in [0.15, 0.2) is 42.9 Å². The molecule has 1 aliphatic rings. The fraction of sp³-hybridized carbons (Fsp3) is 0.333. The molecule has 2 amide bonds. The third-order valence-corrected chi connectivity index (χ3v) is 5.66. The van der Waals surface area contributed by atoms with Crippen molar-refractivity contribution in [3.05, 3.63) is 71.3 Å². The van der Waals surface area contributed by atoms with Crippen LogP contribution in [-0.4, -0.2) is 50.3 Å². The Kier molecular flexibility index (Phi) is 6.58. The Balaban J connectivity index is 1.56. The molecule has 1 saturated heterocycles. The van der Waals surface area contributed by atoms with Gasteiger partial charge in [0.25, 0.3) is 11.8 Å². The lowest BCUT2D eigenvalue weighted by Crippen LogP contribution is -2.39. The number of ether oxygens (including phenoxy) is 1. The molecule has 0 aliphatic carbocycles. The van der Waals surface area contributed by atoms with Crippen LogP contribution in [0.5, 0.6) is 5.75 Å². The summed E-state index contributed by atoms with van der Waals surface area (Å²) in [6, 6.07) is 6.91. The van der Waals surface area contributed by atoms with E-state index in [0.717, 1.165) is 25.0 Å². The van der Waals surface area contributed by atoms with Crippen LogP contribution in [0.25, 0.3) is 0 Å². The summed E-state index contributed by atoms with van der Waals surface area (Å²) in [5.41, 5.74) is 2.53. The number of amides is 2. The maximum absolute atomic E-state index is 13.1. The number of nitrogens with one attached hydrogen (secondary N) is 1. The molecule has 0 unspecified atom stereocenters. The van der Waals surface area contributed by atoms with Crippen LogP contribution >= 0.6 is 0 Å². The average molecular weight is 447 g/mol.